The third kappa shape index (κ3) is 3.23. The van der Waals surface area contributed by atoms with Crippen LogP contribution in [0.3, 0.4) is 0 Å². The van der Waals surface area contributed by atoms with Crippen molar-refractivity contribution in [2.24, 2.45) is 0 Å². The summed E-state index contributed by atoms with van der Waals surface area (Å²) in [6.45, 7) is 3.92. The zero-order valence-corrected chi connectivity index (χ0v) is 16.6. The molecule has 0 radical (unpaired) electrons. The molecule has 0 atom stereocenters. The summed E-state index contributed by atoms with van der Waals surface area (Å²) in [6, 6.07) is 15.4. The average Bonchev–Trinajstić information content (AvgIpc) is 3.30. The molecule has 5 rings (SSSR count). The van der Waals surface area contributed by atoms with E-state index in [2.05, 4.69) is 31.4 Å². The Hall–Kier alpha value is -3.65. The van der Waals surface area contributed by atoms with Crippen LogP contribution in [-0.2, 0) is 0 Å². The lowest BCUT2D eigenvalue weighted by Gasteiger charge is -2.06. The van der Waals surface area contributed by atoms with Crippen molar-refractivity contribution in [2.45, 2.75) is 13.8 Å². The fraction of sp³-hybridized carbons (Fsp3) is 0.0952. The molecule has 0 fully saturated rings. The zero-order valence-electron chi connectivity index (χ0n) is 15.7. The first-order valence-electron chi connectivity index (χ1n) is 9.04. The van der Waals surface area contributed by atoms with Crippen LogP contribution in [0, 0.1) is 13.8 Å². The SMILES string of the molecule is Cc1ccc2nc(-n3nc(C)cc3NC(=O)c3cnc4ccccc4n3)sc2c1. The minimum absolute atomic E-state index is 0.244. The van der Waals surface area contributed by atoms with Gasteiger partial charge in [0, 0.05) is 6.07 Å². The second-order valence-corrected chi connectivity index (χ2v) is 7.76. The van der Waals surface area contributed by atoms with Gasteiger partial charge in [0.2, 0.25) is 5.13 Å². The zero-order chi connectivity index (χ0) is 20.0. The quantitative estimate of drug-likeness (QED) is 0.488. The molecule has 0 saturated carbocycles. The molecular formula is C21H16N6OS. The van der Waals surface area contributed by atoms with E-state index in [1.54, 1.807) is 4.68 Å². The highest BCUT2D eigenvalue weighted by Gasteiger charge is 2.16. The summed E-state index contributed by atoms with van der Waals surface area (Å²) in [5, 5.41) is 8.09. The van der Waals surface area contributed by atoms with Gasteiger partial charge >= 0.3 is 0 Å². The first-order valence-corrected chi connectivity index (χ1v) is 9.86. The molecule has 0 aliphatic rings. The number of benzene rings is 2. The summed E-state index contributed by atoms with van der Waals surface area (Å²) < 4.78 is 2.73. The van der Waals surface area contributed by atoms with Crippen LogP contribution in [-0.4, -0.2) is 30.6 Å². The monoisotopic (exact) mass is 400 g/mol. The normalized spacial score (nSPS) is 11.2. The van der Waals surface area contributed by atoms with Crippen LogP contribution >= 0.6 is 11.3 Å². The molecule has 5 aromatic rings. The van der Waals surface area contributed by atoms with Crippen LogP contribution in [0.2, 0.25) is 0 Å². The lowest BCUT2D eigenvalue weighted by Crippen LogP contribution is -2.16. The Morgan fingerprint density at radius 2 is 1.83 bits per heavy atom. The number of aryl methyl sites for hydroxylation is 2. The van der Waals surface area contributed by atoms with E-state index < -0.39 is 0 Å². The highest BCUT2D eigenvalue weighted by molar-refractivity contribution is 7.20. The van der Waals surface area contributed by atoms with Gasteiger partial charge in [0.15, 0.2) is 0 Å². The number of nitrogens with zero attached hydrogens (tertiary/aromatic N) is 5. The number of aromatic nitrogens is 5. The van der Waals surface area contributed by atoms with Crippen molar-refractivity contribution < 1.29 is 4.79 Å². The van der Waals surface area contributed by atoms with E-state index in [-0.39, 0.29) is 11.6 Å². The van der Waals surface area contributed by atoms with Crippen LogP contribution in [0.25, 0.3) is 26.4 Å². The number of hydrogen-bond donors (Lipinski definition) is 1. The van der Waals surface area contributed by atoms with Gasteiger partial charge in [0.05, 0.1) is 33.1 Å². The highest BCUT2D eigenvalue weighted by Crippen LogP contribution is 2.28. The van der Waals surface area contributed by atoms with Crippen molar-refractivity contribution in [1.82, 2.24) is 24.7 Å². The summed E-state index contributed by atoms with van der Waals surface area (Å²) in [6.07, 6.45) is 1.48. The number of rotatable bonds is 3. The summed E-state index contributed by atoms with van der Waals surface area (Å²) in [5.41, 5.74) is 4.52. The maximum atomic E-state index is 12.8. The molecule has 0 aliphatic carbocycles. The Labute approximate surface area is 170 Å². The molecule has 0 aliphatic heterocycles. The molecule has 0 saturated heterocycles. The van der Waals surface area contributed by atoms with Gasteiger partial charge in [0.25, 0.3) is 5.91 Å². The highest BCUT2D eigenvalue weighted by atomic mass is 32.1. The number of amides is 1. The Morgan fingerprint density at radius 3 is 2.69 bits per heavy atom. The number of para-hydroxylation sites is 2. The standard InChI is InChI=1S/C21H16N6OS/c1-12-7-8-16-18(9-12)29-21(24-16)27-19(10-13(2)26-27)25-20(28)17-11-22-14-5-3-4-6-15(14)23-17/h3-11H,1-2H3,(H,25,28). The molecular weight excluding hydrogens is 384 g/mol. The molecule has 0 spiro atoms. The van der Waals surface area contributed by atoms with Gasteiger partial charge < -0.3 is 5.32 Å². The van der Waals surface area contributed by atoms with E-state index in [1.165, 1.54) is 23.1 Å². The third-order valence-corrected chi connectivity index (χ3v) is 5.46. The summed E-state index contributed by atoms with van der Waals surface area (Å²) in [7, 11) is 0. The van der Waals surface area contributed by atoms with Gasteiger partial charge in [0.1, 0.15) is 11.5 Å². The van der Waals surface area contributed by atoms with E-state index in [0.29, 0.717) is 16.5 Å². The number of anilines is 1. The van der Waals surface area contributed by atoms with Crippen LogP contribution in [0.4, 0.5) is 5.82 Å². The van der Waals surface area contributed by atoms with Crippen molar-refractivity contribution in [3.05, 3.63) is 71.7 Å². The lowest BCUT2D eigenvalue weighted by molar-refractivity contribution is 0.102. The van der Waals surface area contributed by atoms with E-state index >= 15 is 0 Å². The number of carbonyl (C=O) groups is 1. The molecule has 2 aromatic carbocycles. The molecule has 142 valence electrons. The first kappa shape index (κ1) is 17.4. The maximum Gasteiger partial charge on any atom is 0.277 e. The van der Waals surface area contributed by atoms with Gasteiger partial charge in [-0.1, -0.05) is 29.5 Å². The molecule has 0 unspecified atom stereocenters. The fourth-order valence-corrected chi connectivity index (χ4v) is 4.12. The molecule has 0 bridgehead atoms. The van der Waals surface area contributed by atoms with Crippen LogP contribution in [0.5, 0.6) is 0 Å². The fourth-order valence-electron chi connectivity index (χ4n) is 3.09. The Morgan fingerprint density at radius 1 is 1.00 bits per heavy atom. The van der Waals surface area contributed by atoms with Gasteiger partial charge in [-0.05, 0) is 43.7 Å². The van der Waals surface area contributed by atoms with E-state index in [0.717, 1.165) is 21.4 Å². The summed E-state index contributed by atoms with van der Waals surface area (Å²) >= 11 is 1.53. The van der Waals surface area contributed by atoms with Gasteiger partial charge in [-0.15, -0.1) is 0 Å². The molecule has 1 amide bonds. The topological polar surface area (TPSA) is 85.6 Å². The Bertz CT molecular complexity index is 1390. The van der Waals surface area contributed by atoms with Crippen molar-refractivity contribution in [3.63, 3.8) is 0 Å². The van der Waals surface area contributed by atoms with E-state index in [9.17, 15) is 4.79 Å². The predicted octanol–water partition coefficient (Wildman–Crippen LogP) is 4.29. The Kier molecular flexibility index (Phi) is 4.06. The van der Waals surface area contributed by atoms with Crippen molar-refractivity contribution in [1.29, 1.82) is 0 Å². The molecule has 1 N–H and O–H groups in total. The third-order valence-electron chi connectivity index (χ3n) is 4.47. The largest absolute Gasteiger partial charge is 0.305 e. The summed E-state index contributed by atoms with van der Waals surface area (Å²) in [5.74, 6) is 0.194. The smallest absolute Gasteiger partial charge is 0.277 e. The second kappa shape index (κ2) is 6.75. The minimum atomic E-state index is -0.346. The predicted molar refractivity (Wildman–Crippen MR) is 114 cm³/mol. The maximum absolute atomic E-state index is 12.8. The number of nitrogens with one attached hydrogen (secondary N) is 1. The number of thiazole rings is 1. The van der Waals surface area contributed by atoms with Gasteiger partial charge in [-0.3, -0.25) is 9.78 Å². The average molecular weight is 400 g/mol. The van der Waals surface area contributed by atoms with Crippen LogP contribution in [0.15, 0.2) is 54.7 Å². The Balaban J connectivity index is 1.50. The number of hydrogen-bond acceptors (Lipinski definition) is 6. The van der Waals surface area contributed by atoms with Gasteiger partial charge in [-0.2, -0.15) is 9.78 Å². The van der Waals surface area contributed by atoms with E-state index in [4.69, 9.17) is 0 Å². The molecule has 7 nitrogen and oxygen atoms in total. The molecule has 3 aromatic heterocycles. The first-order chi connectivity index (χ1) is 14.1. The van der Waals surface area contributed by atoms with Crippen molar-refractivity contribution in [3.8, 4) is 5.13 Å². The van der Waals surface area contributed by atoms with Crippen molar-refractivity contribution >= 4 is 44.3 Å². The second-order valence-electron chi connectivity index (χ2n) is 6.75. The summed E-state index contributed by atoms with van der Waals surface area (Å²) in [4.78, 5) is 26.2. The van der Waals surface area contributed by atoms with Gasteiger partial charge in [-0.25, -0.2) is 9.97 Å². The molecule has 29 heavy (non-hydrogen) atoms. The van der Waals surface area contributed by atoms with Crippen molar-refractivity contribution in [2.75, 3.05) is 5.32 Å². The van der Waals surface area contributed by atoms with Crippen LogP contribution in [0.1, 0.15) is 21.7 Å². The number of carbonyl (C=O) groups excluding carboxylic acids is 1. The van der Waals surface area contributed by atoms with E-state index in [1.807, 2.05) is 56.3 Å². The minimum Gasteiger partial charge on any atom is -0.305 e. The van der Waals surface area contributed by atoms with Crippen LogP contribution < -0.4 is 5.32 Å². The molecule has 3 heterocycles. The lowest BCUT2D eigenvalue weighted by atomic mass is 10.2. The number of fused-ring (bicyclic) bond motifs is 2. The molecule has 8 heteroatoms.